The highest BCUT2D eigenvalue weighted by molar-refractivity contribution is 6.35. The van der Waals surface area contributed by atoms with Crippen LogP contribution in [0.25, 0.3) is 0 Å². The average Bonchev–Trinajstić information content (AvgIpc) is 2.76. The van der Waals surface area contributed by atoms with E-state index in [9.17, 15) is 4.79 Å². The minimum absolute atomic E-state index is 0.317. The number of hydrogen-bond acceptors (Lipinski definition) is 4. The minimum Gasteiger partial charge on any atom is -0.477 e. The molecule has 0 spiro atoms. The summed E-state index contributed by atoms with van der Waals surface area (Å²) in [5.74, 6) is 0.145. The highest BCUT2D eigenvalue weighted by Crippen LogP contribution is 2.34. The van der Waals surface area contributed by atoms with Gasteiger partial charge >= 0.3 is 5.97 Å². The second kappa shape index (κ2) is 6.66. The molecule has 0 aromatic heterocycles. The maximum atomic E-state index is 11.5. The molecule has 1 aliphatic heterocycles. The lowest BCUT2D eigenvalue weighted by Crippen LogP contribution is -2.25. The maximum absolute atomic E-state index is 11.5. The van der Waals surface area contributed by atoms with Crippen molar-refractivity contribution < 1.29 is 14.3 Å². The molecule has 1 aliphatic rings. The topological polar surface area (TPSA) is 47.6 Å². The Morgan fingerprint density at radius 3 is 2.80 bits per heavy atom. The van der Waals surface area contributed by atoms with Gasteiger partial charge in [-0.2, -0.15) is 0 Å². The standard InChI is InChI=1S/C14H17Cl2NO3/c1-8(2)17-7-9-5-10(15)6-11(16)13(9)20-12-3-4-19-14(12)18/h5-6,8,12,17H,3-4,7H2,1-2H3. The number of cyclic esters (lactones) is 1. The van der Waals surface area contributed by atoms with Gasteiger partial charge in [0.15, 0.2) is 6.10 Å². The van der Waals surface area contributed by atoms with Crippen LogP contribution in [-0.4, -0.2) is 24.7 Å². The Kier molecular flexibility index (Phi) is 5.13. The normalized spacial score (nSPS) is 18.4. The minimum atomic E-state index is -0.591. The second-order valence-corrected chi connectivity index (χ2v) is 5.82. The van der Waals surface area contributed by atoms with Crippen molar-refractivity contribution >= 4 is 29.2 Å². The summed E-state index contributed by atoms with van der Waals surface area (Å²) in [6, 6.07) is 3.72. The van der Waals surface area contributed by atoms with Crippen molar-refractivity contribution in [2.24, 2.45) is 0 Å². The second-order valence-electron chi connectivity index (χ2n) is 4.97. The fraction of sp³-hybridized carbons (Fsp3) is 0.500. The number of carbonyl (C=O) groups excluding carboxylic acids is 1. The summed E-state index contributed by atoms with van der Waals surface area (Å²) in [6.07, 6.45) is -0.0547. The number of nitrogens with one attached hydrogen (secondary N) is 1. The molecule has 0 amide bonds. The monoisotopic (exact) mass is 317 g/mol. The summed E-state index contributed by atoms with van der Waals surface area (Å²) in [5.41, 5.74) is 0.830. The smallest absolute Gasteiger partial charge is 0.347 e. The molecule has 6 heteroatoms. The third-order valence-corrected chi connectivity index (χ3v) is 3.43. The quantitative estimate of drug-likeness (QED) is 0.847. The highest BCUT2D eigenvalue weighted by atomic mass is 35.5. The third kappa shape index (κ3) is 3.78. The molecule has 1 atom stereocenters. The van der Waals surface area contributed by atoms with Crippen molar-refractivity contribution in [1.29, 1.82) is 0 Å². The van der Waals surface area contributed by atoms with Crippen LogP contribution in [0.5, 0.6) is 5.75 Å². The van der Waals surface area contributed by atoms with E-state index < -0.39 is 6.10 Å². The van der Waals surface area contributed by atoms with E-state index >= 15 is 0 Å². The molecule has 1 fully saturated rings. The molecule has 110 valence electrons. The van der Waals surface area contributed by atoms with Crippen molar-refractivity contribution in [2.75, 3.05) is 6.61 Å². The Balaban J connectivity index is 2.22. The van der Waals surface area contributed by atoms with Crippen LogP contribution in [0.2, 0.25) is 10.0 Å². The third-order valence-electron chi connectivity index (χ3n) is 2.93. The fourth-order valence-electron chi connectivity index (χ4n) is 1.92. The Bertz CT molecular complexity index is 505. The molecular formula is C14H17Cl2NO3. The zero-order valence-corrected chi connectivity index (χ0v) is 12.9. The number of ether oxygens (including phenoxy) is 2. The molecule has 20 heavy (non-hydrogen) atoms. The molecule has 0 saturated carbocycles. The molecule has 2 rings (SSSR count). The Morgan fingerprint density at radius 2 is 2.20 bits per heavy atom. The lowest BCUT2D eigenvalue weighted by Gasteiger charge is -2.17. The number of rotatable bonds is 5. The molecule has 1 aromatic rings. The van der Waals surface area contributed by atoms with Gasteiger partial charge in [-0.05, 0) is 12.1 Å². The first-order valence-electron chi connectivity index (χ1n) is 6.52. The summed E-state index contributed by atoms with van der Waals surface area (Å²) >= 11 is 12.2. The largest absolute Gasteiger partial charge is 0.477 e. The van der Waals surface area contributed by atoms with E-state index in [0.717, 1.165) is 5.56 Å². The Hall–Kier alpha value is -0.970. The number of hydrogen-bond donors (Lipinski definition) is 1. The van der Waals surface area contributed by atoms with Crippen LogP contribution >= 0.6 is 23.2 Å². The summed E-state index contributed by atoms with van der Waals surface area (Å²) in [6.45, 7) is 5.03. The van der Waals surface area contributed by atoms with Crippen molar-refractivity contribution in [2.45, 2.75) is 39.0 Å². The van der Waals surface area contributed by atoms with Crippen LogP contribution in [0.3, 0.4) is 0 Å². The summed E-state index contributed by atoms with van der Waals surface area (Å²) in [7, 11) is 0. The average molecular weight is 318 g/mol. The molecule has 0 radical (unpaired) electrons. The predicted octanol–water partition coefficient (Wildman–Crippen LogP) is 3.19. The highest BCUT2D eigenvalue weighted by Gasteiger charge is 2.30. The van der Waals surface area contributed by atoms with Gasteiger partial charge in [0.2, 0.25) is 0 Å². The van der Waals surface area contributed by atoms with Gasteiger partial charge in [0.05, 0.1) is 11.6 Å². The summed E-state index contributed by atoms with van der Waals surface area (Å²) in [4.78, 5) is 11.5. The van der Waals surface area contributed by atoms with Crippen LogP contribution in [0.1, 0.15) is 25.8 Å². The maximum Gasteiger partial charge on any atom is 0.347 e. The molecule has 1 aromatic carbocycles. The Morgan fingerprint density at radius 1 is 1.45 bits per heavy atom. The van der Waals surface area contributed by atoms with E-state index in [-0.39, 0.29) is 5.97 Å². The van der Waals surface area contributed by atoms with Gasteiger partial charge in [-0.3, -0.25) is 0 Å². The van der Waals surface area contributed by atoms with E-state index in [1.165, 1.54) is 0 Å². The zero-order chi connectivity index (χ0) is 14.7. The van der Waals surface area contributed by atoms with Gasteiger partial charge in [-0.25, -0.2) is 4.79 Å². The van der Waals surface area contributed by atoms with Crippen molar-refractivity contribution in [3.8, 4) is 5.75 Å². The van der Waals surface area contributed by atoms with Gasteiger partial charge < -0.3 is 14.8 Å². The molecule has 1 N–H and O–H groups in total. The predicted molar refractivity (Wildman–Crippen MR) is 78.4 cm³/mol. The fourth-order valence-corrected chi connectivity index (χ4v) is 2.50. The van der Waals surface area contributed by atoms with Crippen molar-refractivity contribution in [1.82, 2.24) is 5.32 Å². The van der Waals surface area contributed by atoms with Crippen molar-refractivity contribution in [3.05, 3.63) is 27.7 Å². The van der Waals surface area contributed by atoms with Gasteiger partial charge in [-0.1, -0.05) is 37.0 Å². The Labute approximate surface area is 128 Å². The lowest BCUT2D eigenvalue weighted by atomic mass is 10.1. The van der Waals surface area contributed by atoms with Gasteiger partial charge in [-0.15, -0.1) is 0 Å². The van der Waals surface area contributed by atoms with E-state index in [1.807, 2.05) is 13.8 Å². The van der Waals surface area contributed by atoms with Crippen LogP contribution in [0.4, 0.5) is 0 Å². The number of halogens is 2. The van der Waals surface area contributed by atoms with E-state index in [1.54, 1.807) is 12.1 Å². The number of carbonyl (C=O) groups is 1. The van der Waals surface area contributed by atoms with E-state index in [4.69, 9.17) is 32.7 Å². The lowest BCUT2D eigenvalue weighted by molar-refractivity contribution is -0.143. The van der Waals surface area contributed by atoms with Crippen molar-refractivity contribution in [3.63, 3.8) is 0 Å². The van der Waals surface area contributed by atoms with Crippen LogP contribution in [0, 0.1) is 0 Å². The number of esters is 1. The first-order chi connectivity index (χ1) is 9.47. The molecule has 4 nitrogen and oxygen atoms in total. The van der Waals surface area contributed by atoms with Crippen LogP contribution in [-0.2, 0) is 16.1 Å². The molecule has 0 aliphatic carbocycles. The SMILES string of the molecule is CC(C)NCc1cc(Cl)cc(Cl)c1OC1CCOC1=O. The first-order valence-corrected chi connectivity index (χ1v) is 7.27. The van der Waals surface area contributed by atoms with Gasteiger partial charge in [0.25, 0.3) is 0 Å². The molecule has 1 unspecified atom stereocenters. The van der Waals surface area contributed by atoms with Gasteiger partial charge in [0.1, 0.15) is 5.75 Å². The molecule has 0 bridgehead atoms. The van der Waals surface area contributed by atoms with E-state index in [0.29, 0.717) is 41.4 Å². The van der Waals surface area contributed by atoms with Crippen LogP contribution < -0.4 is 10.1 Å². The summed E-state index contributed by atoms with van der Waals surface area (Å²) < 4.78 is 10.6. The zero-order valence-electron chi connectivity index (χ0n) is 11.4. The van der Waals surface area contributed by atoms with E-state index in [2.05, 4.69) is 5.32 Å². The first kappa shape index (κ1) is 15.4. The van der Waals surface area contributed by atoms with Gasteiger partial charge in [0, 0.05) is 29.6 Å². The molecular weight excluding hydrogens is 301 g/mol. The summed E-state index contributed by atoms with van der Waals surface area (Å²) in [5, 5.41) is 4.22. The van der Waals surface area contributed by atoms with Crippen LogP contribution in [0.15, 0.2) is 12.1 Å². The number of benzene rings is 1. The molecule has 1 saturated heterocycles. The molecule has 1 heterocycles.